The Balaban J connectivity index is 3.47. The molecule has 0 nitrogen and oxygen atoms in total. The summed E-state index contributed by atoms with van der Waals surface area (Å²) in [6.07, 6.45) is 2.30. The van der Waals surface area contributed by atoms with Gasteiger partial charge in [0.2, 0.25) is 0 Å². The van der Waals surface area contributed by atoms with Gasteiger partial charge in [0.15, 0.2) is 0 Å². The van der Waals surface area contributed by atoms with Crippen molar-refractivity contribution in [2.24, 2.45) is 5.92 Å². The van der Waals surface area contributed by atoms with Gasteiger partial charge in [0.25, 0.3) is 0 Å². The van der Waals surface area contributed by atoms with Crippen LogP contribution in [0.2, 0.25) is 0 Å². The van der Waals surface area contributed by atoms with Crippen LogP contribution in [0.1, 0.15) is 26.7 Å². The van der Waals surface area contributed by atoms with Gasteiger partial charge in [0, 0.05) is 12.8 Å². The summed E-state index contributed by atoms with van der Waals surface area (Å²) in [4.78, 5) is 0. The van der Waals surface area contributed by atoms with Gasteiger partial charge < -0.3 is 0 Å². The summed E-state index contributed by atoms with van der Waals surface area (Å²) < 4.78 is 0. The fourth-order valence-corrected chi connectivity index (χ4v) is 0.637. The molecule has 0 N–H and O–H groups in total. The predicted molar refractivity (Wildman–Crippen MR) is 37.2 cm³/mol. The maximum absolute atomic E-state index is 3.46. The maximum Gasteiger partial charge on any atom is 0.0199 e. The first-order valence-electron chi connectivity index (χ1n) is 3.12. The van der Waals surface area contributed by atoms with Crippen molar-refractivity contribution >= 4 is 0 Å². The summed E-state index contributed by atoms with van der Waals surface area (Å²) in [6, 6.07) is 0. The molecule has 0 aromatic rings. The van der Waals surface area contributed by atoms with Crippen molar-refractivity contribution in [3.63, 3.8) is 0 Å². The molecule has 8 heavy (non-hydrogen) atoms. The van der Waals surface area contributed by atoms with E-state index < -0.39 is 0 Å². The van der Waals surface area contributed by atoms with E-state index in [1.807, 2.05) is 0 Å². The highest BCUT2D eigenvalue weighted by Gasteiger charge is 1.93. The summed E-state index contributed by atoms with van der Waals surface area (Å²) in [6.45, 7) is 7.76. The highest BCUT2D eigenvalue weighted by atomic mass is 14.0. The lowest BCUT2D eigenvalue weighted by Gasteiger charge is -1.99. The van der Waals surface area contributed by atoms with E-state index in [-0.39, 0.29) is 0 Å². The Hall–Kier alpha value is -0.440. The lowest BCUT2D eigenvalue weighted by atomic mass is 10.1. The van der Waals surface area contributed by atoms with Crippen LogP contribution in [-0.4, -0.2) is 0 Å². The zero-order valence-electron chi connectivity index (χ0n) is 5.70. The van der Waals surface area contributed by atoms with Crippen LogP contribution >= 0.6 is 0 Å². The molecule has 0 aromatic heterocycles. The van der Waals surface area contributed by atoms with E-state index in [2.05, 4.69) is 32.6 Å². The van der Waals surface area contributed by atoms with Gasteiger partial charge in [-0.15, -0.1) is 5.92 Å². The van der Waals surface area contributed by atoms with Crippen molar-refractivity contribution < 1.29 is 0 Å². The second kappa shape index (κ2) is 4.71. The molecular weight excluding hydrogens is 96.1 g/mol. The van der Waals surface area contributed by atoms with Gasteiger partial charge in [-0.25, -0.2) is 0 Å². The van der Waals surface area contributed by atoms with E-state index in [0.717, 1.165) is 12.8 Å². The van der Waals surface area contributed by atoms with Crippen LogP contribution in [-0.2, 0) is 0 Å². The zero-order valence-corrected chi connectivity index (χ0v) is 5.70. The summed E-state index contributed by atoms with van der Waals surface area (Å²) in [5.74, 6) is 6.27. The molecule has 0 rings (SSSR count). The van der Waals surface area contributed by atoms with Crippen LogP contribution in [0.5, 0.6) is 0 Å². The Labute approximate surface area is 52.3 Å². The first-order chi connectivity index (χ1) is 3.85. The zero-order chi connectivity index (χ0) is 6.41. The molecule has 0 heteroatoms. The molecular formula is C8H13. The van der Waals surface area contributed by atoms with Crippen molar-refractivity contribution in [1.29, 1.82) is 0 Å². The summed E-state index contributed by atoms with van der Waals surface area (Å²) in [5, 5.41) is 0. The van der Waals surface area contributed by atoms with Crippen molar-refractivity contribution in [3.8, 4) is 11.8 Å². The fraction of sp³-hybridized carbons (Fsp3) is 0.625. The SMILES string of the molecule is [CH2]C#CC(CC)CC. The largest absolute Gasteiger partial charge is 0.102 e. The van der Waals surface area contributed by atoms with E-state index >= 15 is 0 Å². The van der Waals surface area contributed by atoms with E-state index in [1.165, 1.54) is 0 Å². The highest BCUT2D eigenvalue weighted by Crippen LogP contribution is 2.03. The monoisotopic (exact) mass is 109 g/mol. The molecule has 0 saturated heterocycles. The van der Waals surface area contributed by atoms with Crippen molar-refractivity contribution in [1.82, 2.24) is 0 Å². The van der Waals surface area contributed by atoms with Crippen molar-refractivity contribution in [2.45, 2.75) is 26.7 Å². The Kier molecular flexibility index (Phi) is 4.45. The van der Waals surface area contributed by atoms with Gasteiger partial charge in [-0.05, 0) is 12.8 Å². The lowest BCUT2D eigenvalue weighted by Crippen LogP contribution is -1.89. The third kappa shape index (κ3) is 2.69. The Morgan fingerprint density at radius 1 is 1.38 bits per heavy atom. The molecule has 0 heterocycles. The Morgan fingerprint density at radius 2 is 1.88 bits per heavy atom. The number of hydrogen-bond donors (Lipinski definition) is 0. The van der Waals surface area contributed by atoms with Gasteiger partial charge in [-0.3, -0.25) is 0 Å². The second-order valence-corrected chi connectivity index (χ2v) is 1.83. The molecule has 0 aromatic carbocycles. The van der Waals surface area contributed by atoms with Crippen LogP contribution < -0.4 is 0 Å². The molecule has 0 unspecified atom stereocenters. The van der Waals surface area contributed by atoms with E-state index in [1.54, 1.807) is 0 Å². The smallest absolute Gasteiger partial charge is 0.0199 e. The predicted octanol–water partition coefficient (Wildman–Crippen LogP) is 2.26. The van der Waals surface area contributed by atoms with Gasteiger partial charge in [0.05, 0.1) is 0 Å². The normalized spacial score (nSPS) is 8.50. The highest BCUT2D eigenvalue weighted by molar-refractivity contribution is 5.04. The third-order valence-corrected chi connectivity index (χ3v) is 1.29. The maximum atomic E-state index is 3.46. The van der Waals surface area contributed by atoms with Gasteiger partial charge in [-0.1, -0.05) is 19.8 Å². The molecule has 0 aliphatic rings. The van der Waals surface area contributed by atoms with Gasteiger partial charge >= 0.3 is 0 Å². The second-order valence-electron chi connectivity index (χ2n) is 1.83. The first kappa shape index (κ1) is 7.56. The van der Waals surface area contributed by atoms with Gasteiger partial charge in [0.1, 0.15) is 0 Å². The third-order valence-electron chi connectivity index (χ3n) is 1.29. The molecule has 0 aliphatic carbocycles. The van der Waals surface area contributed by atoms with E-state index in [0.29, 0.717) is 5.92 Å². The molecule has 1 radical (unpaired) electrons. The van der Waals surface area contributed by atoms with E-state index in [4.69, 9.17) is 0 Å². The average molecular weight is 109 g/mol. The average Bonchev–Trinajstić information content (AvgIpc) is 1.83. The summed E-state index contributed by atoms with van der Waals surface area (Å²) in [5.41, 5.74) is 0. The first-order valence-corrected chi connectivity index (χ1v) is 3.12. The van der Waals surface area contributed by atoms with Crippen LogP contribution in [0.25, 0.3) is 0 Å². The van der Waals surface area contributed by atoms with Crippen LogP contribution in [0.3, 0.4) is 0 Å². The van der Waals surface area contributed by atoms with Crippen molar-refractivity contribution in [2.75, 3.05) is 0 Å². The molecule has 0 spiro atoms. The Bertz CT molecular complexity index is 88.3. The molecule has 0 atom stereocenters. The fourth-order valence-electron chi connectivity index (χ4n) is 0.637. The van der Waals surface area contributed by atoms with Crippen LogP contribution in [0.15, 0.2) is 0 Å². The molecule has 0 fully saturated rings. The Morgan fingerprint density at radius 3 is 2.00 bits per heavy atom. The topological polar surface area (TPSA) is 0 Å². The molecule has 0 saturated carbocycles. The minimum absolute atomic E-state index is 0.576. The molecule has 0 amide bonds. The molecule has 0 bridgehead atoms. The van der Waals surface area contributed by atoms with Crippen LogP contribution in [0.4, 0.5) is 0 Å². The number of hydrogen-bond acceptors (Lipinski definition) is 0. The van der Waals surface area contributed by atoms with Crippen molar-refractivity contribution in [3.05, 3.63) is 6.92 Å². The number of rotatable bonds is 2. The minimum Gasteiger partial charge on any atom is -0.102 e. The lowest BCUT2D eigenvalue weighted by molar-refractivity contribution is 0.627. The van der Waals surface area contributed by atoms with E-state index in [9.17, 15) is 0 Å². The molecule has 0 aliphatic heterocycles. The standard InChI is InChI=1S/C8H13/c1-4-7-8(5-2)6-3/h8H,1,5-6H2,2-3H3. The summed E-state index contributed by atoms with van der Waals surface area (Å²) in [7, 11) is 0. The summed E-state index contributed by atoms with van der Waals surface area (Å²) >= 11 is 0. The van der Waals surface area contributed by atoms with Gasteiger partial charge in [-0.2, -0.15) is 0 Å². The minimum atomic E-state index is 0.576. The molecule has 45 valence electrons. The quantitative estimate of drug-likeness (QED) is 0.477. The van der Waals surface area contributed by atoms with Crippen LogP contribution in [0, 0.1) is 24.7 Å².